The molecule has 3 aromatic rings. The minimum atomic E-state index is 0.0415. The van der Waals surface area contributed by atoms with Crippen molar-refractivity contribution in [3.05, 3.63) is 88.3 Å². The van der Waals surface area contributed by atoms with Crippen LogP contribution in [0, 0.1) is 5.92 Å². The highest BCUT2D eigenvalue weighted by atomic mass is 16.2. The monoisotopic (exact) mass is 469 g/mol. The fourth-order valence-electron chi connectivity index (χ4n) is 6.06. The molecule has 6 rings (SSSR count). The Hall–Kier alpha value is -3.74. The van der Waals surface area contributed by atoms with E-state index in [9.17, 15) is 9.59 Å². The van der Waals surface area contributed by atoms with Gasteiger partial charge < -0.3 is 25.0 Å². The lowest BCUT2D eigenvalue weighted by molar-refractivity contribution is 0.0747. The molecule has 0 spiro atoms. The van der Waals surface area contributed by atoms with E-state index in [2.05, 4.69) is 28.0 Å². The van der Waals surface area contributed by atoms with E-state index in [-0.39, 0.29) is 11.5 Å². The van der Waals surface area contributed by atoms with Crippen LogP contribution in [0.15, 0.2) is 71.5 Å². The maximum absolute atomic E-state index is 13.2. The minimum Gasteiger partial charge on any atom is -0.397 e. The second-order valence-electron chi connectivity index (χ2n) is 9.99. The van der Waals surface area contributed by atoms with Crippen molar-refractivity contribution in [2.45, 2.75) is 18.9 Å². The molecule has 7 heteroatoms. The zero-order chi connectivity index (χ0) is 23.9. The van der Waals surface area contributed by atoms with E-state index in [1.54, 1.807) is 6.07 Å². The Labute approximate surface area is 205 Å². The molecule has 2 saturated heterocycles. The van der Waals surface area contributed by atoms with Crippen LogP contribution in [0.25, 0.3) is 0 Å². The van der Waals surface area contributed by atoms with Crippen molar-refractivity contribution in [3.8, 4) is 0 Å². The number of rotatable bonds is 3. The Morgan fingerprint density at radius 2 is 1.63 bits per heavy atom. The molecule has 0 saturated carbocycles. The van der Waals surface area contributed by atoms with Gasteiger partial charge in [-0.1, -0.05) is 24.3 Å². The van der Waals surface area contributed by atoms with Crippen molar-refractivity contribution in [2.75, 3.05) is 54.8 Å². The number of hydrogen-bond donors (Lipinski definition) is 1. The van der Waals surface area contributed by atoms with E-state index >= 15 is 0 Å². The Bertz CT molecular complexity index is 1300. The number of pyridine rings is 1. The molecule has 4 heterocycles. The van der Waals surface area contributed by atoms with Crippen molar-refractivity contribution in [2.24, 2.45) is 5.92 Å². The van der Waals surface area contributed by atoms with Crippen LogP contribution in [0.4, 0.5) is 17.1 Å². The molecule has 0 radical (unpaired) electrons. The largest absolute Gasteiger partial charge is 0.397 e. The number of nitrogens with zero attached hydrogens (tertiary/aromatic N) is 4. The van der Waals surface area contributed by atoms with E-state index in [1.165, 1.54) is 5.69 Å². The Balaban J connectivity index is 1.15. The predicted molar refractivity (Wildman–Crippen MR) is 139 cm³/mol. The summed E-state index contributed by atoms with van der Waals surface area (Å²) in [6.45, 7) is 5.50. The van der Waals surface area contributed by atoms with Gasteiger partial charge in [-0.05, 0) is 48.7 Å². The number of nitrogen functional groups attached to an aromatic ring is 1. The van der Waals surface area contributed by atoms with Gasteiger partial charge in [-0.3, -0.25) is 9.59 Å². The molecular formula is C28H31N5O2. The molecule has 0 aliphatic carbocycles. The summed E-state index contributed by atoms with van der Waals surface area (Å²) in [4.78, 5) is 32.1. The number of para-hydroxylation sites is 1. The third-order valence-electron chi connectivity index (χ3n) is 7.78. The van der Waals surface area contributed by atoms with Crippen LogP contribution < -0.4 is 21.1 Å². The van der Waals surface area contributed by atoms with Crippen LogP contribution in [-0.4, -0.2) is 54.6 Å². The second kappa shape index (κ2) is 8.80. The van der Waals surface area contributed by atoms with Crippen molar-refractivity contribution < 1.29 is 4.79 Å². The summed E-state index contributed by atoms with van der Waals surface area (Å²) in [5.41, 5.74) is 11.2. The molecule has 2 aromatic carbocycles. The maximum Gasteiger partial charge on any atom is 0.254 e. The SMILES string of the molecule is Nc1cc(C(=O)N2CCN(c3ccccc3)CC2)ccc1N1CC2CC(C1)c1cccc(=O)n1C2. The third kappa shape index (κ3) is 4.05. The minimum absolute atomic E-state index is 0.0415. The fourth-order valence-corrected chi connectivity index (χ4v) is 6.06. The average molecular weight is 470 g/mol. The average Bonchev–Trinajstić information content (AvgIpc) is 2.89. The standard InChI is InChI=1S/C28H31N5O2/c29-24-16-21(28(35)31-13-11-30(12-14-31)23-5-2-1-3-6-23)9-10-26(24)32-17-20-15-22(19-32)25-7-4-8-27(34)33(25)18-20/h1-10,16,20,22H,11-15,17-19,29H2. The van der Waals surface area contributed by atoms with Gasteiger partial charge in [0.2, 0.25) is 0 Å². The summed E-state index contributed by atoms with van der Waals surface area (Å²) in [7, 11) is 0. The second-order valence-corrected chi connectivity index (χ2v) is 9.99. The van der Waals surface area contributed by atoms with Crippen LogP contribution in [0.3, 0.4) is 0 Å². The smallest absolute Gasteiger partial charge is 0.254 e. The number of carbonyl (C=O) groups is 1. The Kier molecular flexibility index (Phi) is 5.47. The number of piperidine rings is 1. The molecule has 2 atom stereocenters. The lowest BCUT2D eigenvalue weighted by Gasteiger charge is -2.44. The molecule has 2 bridgehead atoms. The number of fused-ring (bicyclic) bond motifs is 4. The summed E-state index contributed by atoms with van der Waals surface area (Å²) in [6, 6.07) is 21.7. The summed E-state index contributed by atoms with van der Waals surface area (Å²) >= 11 is 0. The first-order valence-corrected chi connectivity index (χ1v) is 12.5. The highest BCUT2D eigenvalue weighted by molar-refractivity contribution is 5.96. The lowest BCUT2D eigenvalue weighted by Crippen LogP contribution is -2.49. The molecular weight excluding hydrogens is 438 g/mol. The van der Waals surface area contributed by atoms with Gasteiger partial charge in [0.15, 0.2) is 0 Å². The molecule has 3 aliphatic rings. The van der Waals surface area contributed by atoms with Gasteiger partial charge in [0, 0.05) is 74.7 Å². The summed E-state index contributed by atoms with van der Waals surface area (Å²) in [6.07, 6.45) is 1.10. The lowest BCUT2D eigenvalue weighted by atomic mass is 9.83. The molecule has 2 fully saturated rings. The van der Waals surface area contributed by atoms with Crippen molar-refractivity contribution in [1.29, 1.82) is 0 Å². The summed E-state index contributed by atoms with van der Waals surface area (Å²) < 4.78 is 1.94. The van der Waals surface area contributed by atoms with E-state index in [1.807, 2.05) is 51.9 Å². The zero-order valence-electron chi connectivity index (χ0n) is 19.8. The van der Waals surface area contributed by atoms with Crippen LogP contribution in [0.2, 0.25) is 0 Å². The van der Waals surface area contributed by atoms with E-state index in [0.717, 1.165) is 50.5 Å². The molecule has 180 valence electrons. The third-order valence-corrected chi connectivity index (χ3v) is 7.78. The van der Waals surface area contributed by atoms with Gasteiger partial charge in [0.05, 0.1) is 11.4 Å². The number of amides is 1. The van der Waals surface area contributed by atoms with Gasteiger partial charge in [-0.25, -0.2) is 0 Å². The highest BCUT2D eigenvalue weighted by Gasteiger charge is 2.35. The van der Waals surface area contributed by atoms with Gasteiger partial charge in [-0.15, -0.1) is 0 Å². The molecule has 1 amide bonds. The van der Waals surface area contributed by atoms with Gasteiger partial charge in [0.1, 0.15) is 0 Å². The van der Waals surface area contributed by atoms with Gasteiger partial charge in [0.25, 0.3) is 11.5 Å². The quantitative estimate of drug-likeness (QED) is 0.597. The Morgan fingerprint density at radius 3 is 2.40 bits per heavy atom. The molecule has 3 aliphatic heterocycles. The first-order valence-electron chi connectivity index (χ1n) is 12.5. The number of nitrogens with two attached hydrogens (primary N) is 1. The summed E-state index contributed by atoms with van der Waals surface area (Å²) in [5, 5.41) is 0. The number of aromatic nitrogens is 1. The fraction of sp³-hybridized carbons (Fsp3) is 0.357. The van der Waals surface area contributed by atoms with Crippen molar-refractivity contribution in [3.63, 3.8) is 0 Å². The zero-order valence-corrected chi connectivity index (χ0v) is 19.8. The van der Waals surface area contributed by atoms with Crippen LogP contribution in [0.5, 0.6) is 0 Å². The van der Waals surface area contributed by atoms with Gasteiger partial charge >= 0.3 is 0 Å². The first-order chi connectivity index (χ1) is 17.1. The van der Waals surface area contributed by atoms with Crippen LogP contribution in [-0.2, 0) is 6.54 Å². The molecule has 35 heavy (non-hydrogen) atoms. The maximum atomic E-state index is 13.2. The Morgan fingerprint density at radius 1 is 0.829 bits per heavy atom. The topological polar surface area (TPSA) is 74.8 Å². The van der Waals surface area contributed by atoms with E-state index in [0.29, 0.717) is 36.2 Å². The highest BCUT2D eigenvalue weighted by Crippen LogP contribution is 2.38. The van der Waals surface area contributed by atoms with Gasteiger partial charge in [-0.2, -0.15) is 0 Å². The molecule has 2 unspecified atom stereocenters. The molecule has 7 nitrogen and oxygen atoms in total. The number of piperazine rings is 1. The number of carbonyl (C=O) groups excluding carboxylic acids is 1. The van der Waals surface area contributed by atoms with E-state index < -0.39 is 0 Å². The normalized spacial score (nSPS) is 21.5. The van der Waals surface area contributed by atoms with Crippen molar-refractivity contribution in [1.82, 2.24) is 9.47 Å². The number of anilines is 3. The molecule has 1 aromatic heterocycles. The first kappa shape index (κ1) is 21.8. The number of hydrogen-bond acceptors (Lipinski definition) is 5. The van der Waals surface area contributed by atoms with Crippen molar-refractivity contribution >= 4 is 23.0 Å². The number of benzene rings is 2. The van der Waals surface area contributed by atoms with Crippen LogP contribution in [0.1, 0.15) is 28.4 Å². The summed E-state index contributed by atoms with van der Waals surface area (Å²) in [5.74, 6) is 0.778. The van der Waals surface area contributed by atoms with Crippen LogP contribution >= 0.6 is 0 Å². The molecule has 2 N–H and O–H groups in total. The van der Waals surface area contributed by atoms with E-state index in [4.69, 9.17) is 5.73 Å². The predicted octanol–water partition coefficient (Wildman–Crippen LogP) is 3.02.